The summed E-state index contributed by atoms with van der Waals surface area (Å²) in [4.78, 5) is 4.27. The van der Waals surface area contributed by atoms with Gasteiger partial charge in [0.25, 0.3) is 0 Å². The van der Waals surface area contributed by atoms with Gasteiger partial charge in [0.2, 0.25) is 0 Å². The SMILES string of the molecule is CC(C)(c1ccc(F)cc1)C(O)Cc1ccc(Br)cn1. The smallest absolute Gasteiger partial charge is 0.123 e. The van der Waals surface area contributed by atoms with Crippen LogP contribution in [0, 0.1) is 5.82 Å². The van der Waals surface area contributed by atoms with E-state index in [9.17, 15) is 9.50 Å². The van der Waals surface area contributed by atoms with Crippen LogP contribution in [0.25, 0.3) is 0 Å². The monoisotopic (exact) mass is 337 g/mol. The van der Waals surface area contributed by atoms with Gasteiger partial charge in [-0.1, -0.05) is 26.0 Å². The Bertz CT molecular complexity index is 566. The zero-order valence-electron chi connectivity index (χ0n) is 11.5. The molecule has 1 N–H and O–H groups in total. The highest BCUT2D eigenvalue weighted by molar-refractivity contribution is 9.10. The summed E-state index contributed by atoms with van der Waals surface area (Å²) < 4.78 is 13.9. The van der Waals surface area contributed by atoms with Crippen LogP contribution in [-0.4, -0.2) is 16.2 Å². The van der Waals surface area contributed by atoms with Crippen molar-refractivity contribution in [1.82, 2.24) is 4.98 Å². The minimum atomic E-state index is -0.596. The summed E-state index contributed by atoms with van der Waals surface area (Å²) in [6.45, 7) is 3.90. The highest BCUT2D eigenvalue weighted by Crippen LogP contribution is 2.29. The Morgan fingerprint density at radius 3 is 2.40 bits per heavy atom. The molecule has 1 aromatic carbocycles. The van der Waals surface area contributed by atoms with E-state index in [-0.39, 0.29) is 5.82 Å². The molecule has 0 aliphatic carbocycles. The van der Waals surface area contributed by atoms with Gasteiger partial charge in [0.1, 0.15) is 5.82 Å². The molecule has 20 heavy (non-hydrogen) atoms. The fourth-order valence-corrected chi connectivity index (χ4v) is 2.29. The van der Waals surface area contributed by atoms with Crippen LogP contribution in [0.4, 0.5) is 4.39 Å². The molecule has 2 aromatic rings. The number of benzene rings is 1. The van der Waals surface area contributed by atoms with Gasteiger partial charge in [-0.2, -0.15) is 0 Å². The van der Waals surface area contributed by atoms with E-state index in [1.807, 2.05) is 26.0 Å². The molecule has 1 unspecified atom stereocenters. The van der Waals surface area contributed by atoms with Crippen LogP contribution in [0.2, 0.25) is 0 Å². The molecule has 0 fully saturated rings. The molecule has 0 radical (unpaired) electrons. The molecule has 106 valence electrons. The van der Waals surface area contributed by atoms with E-state index in [1.165, 1.54) is 12.1 Å². The van der Waals surface area contributed by atoms with Gasteiger partial charge in [-0.15, -0.1) is 0 Å². The van der Waals surface area contributed by atoms with E-state index in [2.05, 4.69) is 20.9 Å². The van der Waals surface area contributed by atoms with Gasteiger partial charge in [0.05, 0.1) is 6.10 Å². The Hall–Kier alpha value is -1.26. The van der Waals surface area contributed by atoms with Crippen LogP contribution < -0.4 is 0 Å². The van der Waals surface area contributed by atoms with Crippen LogP contribution in [0.3, 0.4) is 0 Å². The number of nitrogens with zero attached hydrogens (tertiary/aromatic N) is 1. The molecule has 0 aliphatic heterocycles. The first-order valence-corrected chi connectivity index (χ1v) is 7.23. The predicted molar refractivity (Wildman–Crippen MR) is 81.1 cm³/mol. The maximum Gasteiger partial charge on any atom is 0.123 e. The van der Waals surface area contributed by atoms with E-state index < -0.39 is 11.5 Å². The summed E-state index contributed by atoms with van der Waals surface area (Å²) in [5, 5.41) is 10.5. The third-order valence-corrected chi connectivity index (χ3v) is 4.08. The summed E-state index contributed by atoms with van der Waals surface area (Å²) in [7, 11) is 0. The maximum atomic E-state index is 13.0. The van der Waals surface area contributed by atoms with Crippen LogP contribution in [-0.2, 0) is 11.8 Å². The summed E-state index contributed by atoms with van der Waals surface area (Å²) in [6.07, 6.45) is 1.58. The minimum absolute atomic E-state index is 0.270. The lowest BCUT2D eigenvalue weighted by atomic mass is 9.77. The average Bonchev–Trinajstić information content (AvgIpc) is 2.42. The number of hydrogen-bond donors (Lipinski definition) is 1. The Balaban J connectivity index is 2.16. The Kier molecular flexibility index (Phi) is 4.55. The summed E-state index contributed by atoms with van der Waals surface area (Å²) in [6, 6.07) is 10.1. The molecule has 0 aliphatic rings. The molecule has 4 heteroatoms. The zero-order chi connectivity index (χ0) is 14.8. The highest BCUT2D eigenvalue weighted by Gasteiger charge is 2.30. The first kappa shape index (κ1) is 15.1. The molecule has 1 heterocycles. The van der Waals surface area contributed by atoms with Crippen molar-refractivity contribution in [2.75, 3.05) is 0 Å². The van der Waals surface area contributed by atoms with E-state index in [1.54, 1.807) is 18.3 Å². The molecule has 2 rings (SSSR count). The van der Waals surface area contributed by atoms with E-state index in [0.717, 1.165) is 15.7 Å². The lowest BCUT2D eigenvalue weighted by Crippen LogP contribution is -2.35. The summed E-state index contributed by atoms with van der Waals surface area (Å²) in [5.41, 5.74) is 1.27. The van der Waals surface area contributed by atoms with Crippen molar-refractivity contribution >= 4 is 15.9 Å². The molecule has 1 aromatic heterocycles. The van der Waals surface area contributed by atoms with Crippen molar-refractivity contribution < 1.29 is 9.50 Å². The van der Waals surface area contributed by atoms with E-state index >= 15 is 0 Å². The van der Waals surface area contributed by atoms with Crippen LogP contribution in [0.5, 0.6) is 0 Å². The second-order valence-corrected chi connectivity index (χ2v) is 6.33. The van der Waals surface area contributed by atoms with Crippen LogP contribution in [0.1, 0.15) is 25.1 Å². The first-order chi connectivity index (χ1) is 9.39. The molecular weight excluding hydrogens is 321 g/mol. The number of halogens is 2. The van der Waals surface area contributed by atoms with Crippen molar-refractivity contribution in [2.24, 2.45) is 0 Å². The average molecular weight is 338 g/mol. The molecule has 0 amide bonds. The molecule has 0 saturated heterocycles. The highest BCUT2D eigenvalue weighted by atomic mass is 79.9. The molecule has 0 bridgehead atoms. The Morgan fingerprint density at radius 2 is 1.85 bits per heavy atom. The van der Waals surface area contributed by atoms with Crippen molar-refractivity contribution in [2.45, 2.75) is 31.8 Å². The second-order valence-electron chi connectivity index (χ2n) is 5.42. The molecule has 1 atom stereocenters. The van der Waals surface area contributed by atoms with Crippen LogP contribution in [0.15, 0.2) is 47.1 Å². The number of hydrogen-bond acceptors (Lipinski definition) is 2. The number of aliphatic hydroxyl groups excluding tert-OH is 1. The van der Waals surface area contributed by atoms with Crippen molar-refractivity contribution in [3.8, 4) is 0 Å². The third kappa shape index (κ3) is 3.44. The fraction of sp³-hybridized carbons (Fsp3) is 0.312. The van der Waals surface area contributed by atoms with Gasteiger partial charge in [-0.3, -0.25) is 4.98 Å². The van der Waals surface area contributed by atoms with Crippen molar-refractivity contribution in [3.63, 3.8) is 0 Å². The topological polar surface area (TPSA) is 33.1 Å². The first-order valence-electron chi connectivity index (χ1n) is 6.44. The second kappa shape index (κ2) is 6.02. The fourth-order valence-electron chi connectivity index (χ4n) is 2.05. The summed E-state index contributed by atoms with van der Waals surface area (Å²) >= 11 is 3.33. The van der Waals surface area contributed by atoms with Crippen LogP contribution >= 0.6 is 15.9 Å². The largest absolute Gasteiger partial charge is 0.392 e. The number of pyridine rings is 1. The van der Waals surface area contributed by atoms with Gasteiger partial charge < -0.3 is 5.11 Å². The van der Waals surface area contributed by atoms with Gasteiger partial charge >= 0.3 is 0 Å². The zero-order valence-corrected chi connectivity index (χ0v) is 13.1. The van der Waals surface area contributed by atoms with Gasteiger partial charge in [0, 0.05) is 28.2 Å². The predicted octanol–water partition coefficient (Wildman–Crippen LogP) is 3.86. The van der Waals surface area contributed by atoms with E-state index in [4.69, 9.17) is 0 Å². The lowest BCUT2D eigenvalue weighted by molar-refractivity contribution is 0.0990. The minimum Gasteiger partial charge on any atom is -0.392 e. The van der Waals surface area contributed by atoms with E-state index in [0.29, 0.717) is 6.42 Å². The number of aromatic nitrogens is 1. The third-order valence-electron chi connectivity index (χ3n) is 3.61. The maximum absolute atomic E-state index is 13.0. The summed E-state index contributed by atoms with van der Waals surface area (Å²) in [5.74, 6) is -0.270. The molecule has 0 saturated carbocycles. The normalized spacial score (nSPS) is 13.2. The molecule has 0 spiro atoms. The Morgan fingerprint density at radius 1 is 1.20 bits per heavy atom. The lowest BCUT2D eigenvalue weighted by Gasteiger charge is -2.31. The Labute approximate surface area is 126 Å². The number of rotatable bonds is 4. The van der Waals surface area contributed by atoms with Gasteiger partial charge in [0.15, 0.2) is 0 Å². The standard InChI is InChI=1S/C16H17BrFNO/c1-16(2,11-3-6-13(18)7-4-11)15(20)9-14-8-5-12(17)10-19-14/h3-8,10,15,20H,9H2,1-2H3. The quantitative estimate of drug-likeness (QED) is 0.918. The number of aliphatic hydroxyl groups is 1. The van der Waals surface area contributed by atoms with Crippen molar-refractivity contribution in [3.05, 3.63) is 64.1 Å². The van der Waals surface area contributed by atoms with Gasteiger partial charge in [-0.05, 0) is 45.8 Å². The molecular formula is C16H17BrFNO. The van der Waals surface area contributed by atoms with Gasteiger partial charge in [-0.25, -0.2) is 4.39 Å². The molecule has 2 nitrogen and oxygen atoms in total. The van der Waals surface area contributed by atoms with Crippen molar-refractivity contribution in [1.29, 1.82) is 0 Å².